The van der Waals surface area contributed by atoms with Crippen LogP contribution in [0.5, 0.6) is 28.7 Å². The first-order valence-corrected chi connectivity index (χ1v) is 10.1. The maximum atomic E-state index is 12.4. The van der Waals surface area contributed by atoms with E-state index in [2.05, 4.69) is 5.32 Å². The molecule has 0 fully saturated rings. The maximum Gasteiger partial charge on any atom is 0.325 e. The molecule has 2 aromatic rings. The van der Waals surface area contributed by atoms with Crippen molar-refractivity contribution in [2.24, 2.45) is 0 Å². The van der Waals surface area contributed by atoms with E-state index in [9.17, 15) is 9.59 Å². The fraction of sp³-hybridized carbons (Fsp3) is 0.391. The number of hydrogen-bond acceptors (Lipinski definition) is 8. The first kappa shape index (κ1) is 24.6. The van der Waals surface area contributed by atoms with Crippen molar-refractivity contribution in [3.63, 3.8) is 0 Å². The molecule has 1 N–H and O–H groups in total. The van der Waals surface area contributed by atoms with Gasteiger partial charge in [0.15, 0.2) is 11.5 Å². The van der Waals surface area contributed by atoms with Crippen molar-refractivity contribution < 1.29 is 38.0 Å². The number of carbonyl (C=O) groups is 2. The standard InChI is InChI=1S/C23H29NO8/c1-5-10-30-17-6-8-18(9-7-17)31-11-12-32-21(25)15-24-23(26)16-13-19(27-2)22(29-4)20(14-16)28-3/h6-9,13-14H,5,10-12,15H2,1-4H3,(H,24,26). The summed E-state index contributed by atoms with van der Waals surface area (Å²) in [6.45, 7) is 2.64. The third-order valence-corrected chi connectivity index (χ3v) is 4.23. The van der Waals surface area contributed by atoms with Gasteiger partial charge in [-0.05, 0) is 42.8 Å². The minimum atomic E-state index is -0.585. The monoisotopic (exact) mass is 447 g/mol. The highest BCUT2D eigenvalue weighted by molar-refractivity contribution is 5.97. The number of amides is 1. The molecule has 0 saturated carbocycles. The zero-order chi connectivity index (χ0) is 23.3. The fourth-order valence-electron chi connectivity index (χ4n) is 2.68. The lowest BCUT2D eigenvalue weighted by molar-refractivity contribution is -0.143. The predicted molar refractivity (Wildman–Crippen MR) is 117 cm³/mol. The van der Waals surface area contributed by atoms with E-state index in [0.717, 1.165) is 12.2 Å². The van der Waals surface area contributed by atoms with E-state index in [4.69, 9.17) is 28.4 Å². The van der Waals surface area contributed by atoms with Crippen LogP contribution < -0.4 is 29.0 Å². The van der Waals surface area contributed by atoms with Gasteiger partial charge in [-0.1, -0.05) is 6.92 Å². The molecule has 9 heteroatoms. The number of ether oxygens (including phenoxy) is 6. The Morgan fingerprint density at radius 3 is 1.88 bits per heavy atom. The van der Waals surface area contributed by atoms with Gasteiger partial charge in [0.1, 0.15) is 31.3 Å². The van der Waals surface area contributed by atoms with E-state index in [-0.39, 0.29) is 25.3 Å². The van der Waals surface area contributed by atoms with Crippen LogP contribution >= 0.6 is 0 Å². The molecule has 2 rings (SSSR count). The molecule has 0 radical (unpaired) electrons. The summed E-state index contributed by atoms with van der Waals surface area (Å²) in [5.74, 6) is 1.38. The Hall–Kier alpha value is -3.62. The Morgan fingerprint density at radius 1 is 0.812 bits per heavy atom. The largest absolute Gasteiger partial charge is 0.494 e. The topological polar surface area (TPSA) is 102 Å². The highest BCUT2D eigenvalue weighted by Gasteiger charge is 2.17. The zero-order valence-corrected chi connectivity index (χ0v) is 18.8. The third kappa shape index (κ3) is 7.26. The second-order valence-corrected chi connectivity index (χ2v) is 6.49. The summed E-state index contributed by atoms with van der Waals surface area (Å²) in [4.78, 5) is 24.3. The molecule has 1 amide bonds. The van der Waals surface area contributed by atoms with Gasteiger partial charge in [-0.3, -0.25) is 9.59 Å². The van der Waals surface area contributed by atoms with Crippen LogP contribution in [0.15, 0.2) is 36.4 Å². The summed E-state index contributed by atoms with van der Waals surface area (Å²) < 4.78 is 31.8. The number of rotatable bonds is 13. The van der Waals surface area contributed by atoms with Gasteiger partial charge in [0.2, 0.25) is 5.75 Å². The van der Waals surface area contributed by atoms with Crippen LogP contribution in [0.1, 0.15) is 23.7 Å². The van der Waals surface area contributed by atoms with Crippen molar-refractivity contribution in [3.05, 3.63) is 42.0 Å². The minimum Gasteiger partial charge on any atom is -0.494 e. The van der Waals surface area contributed by atoms with E-state index < -0.39 is 11.9 Å². The molecular formula is C23H29NO8. The van der Waals surface area contributed by atoms with Gasteiger partial charge in [0.25, 0.3) is 5.91 Å². The maximum absolute atomic E-state index is 12.4. The molecule has 0 bridgehead atoms. The summed E-state index contributed by atoms with van der Waals surface area (Å²) in [6.07, 6.45) is 0.937. The van der Waals surface area contributed by atoms with Crippen LogP contribution in [0.25, 0.3) is 0 Å². The van der Waals surface area contributed by atoms with E-state index >= 15 is 0 Å². The summed E-state index contributed by atoms with van der Waals surface area (Å²) in [5.41, 5.74) is 0.252. The van der Waals surface area contributed by atoms with Gasteiger partial charge in [-0.2, -0.15) is 0 Å². The molecule has 0 aromatic heterocycles. The van der Waals surface area contributed by atoms with Crippen molar-refractivity contribution in [2.45, 2.75) is 13.3 Å². The summed E-state index contributed by atoms with van der Waals surface area (Å²) >= 11 is 0. The second-order valence-electron chi connectivity index (χ2n) is 6.49. The molecule has 2 aromatic carbocycles. The van der Waals surface area contributed by atoms with E-state index in [1.54, 1.807) is 12.1 Å². The molecule has 0 saturated heterocycles. The molecule has 0 aliphatic heterocycles. The third-order valence-electron chi connectivity index (χ3n) is 4.23. The van der Waals surface area contributed by atoms with Crippen molar-refractivity contribution in [3.8, 4) is 28.7 Å². The number of hydrogen-bond donors (Lipinski definition) is 1. The van der Waals surface area contributed by atoms with E-state index in [1.165, 1.54) is 33.5 Å². The lowest BCUT2D eigenvalue weighted by atomic mass is 10.1. The van der Waals surface area contributed by atoms with Crippen molar-refractivity contribution >= 4 is 11.9 Å². The van der Waals surface area contributed by atoms with Crippen molar-refractivity contribution in [2.75, 3.05) is 47.7 Å². The predicted octanol–water partition coefficient (Wildman–Crippen LogP) is 2.85. The van der Waals surface area contributed by atoms with Crippen molar-refractivity contribution in [1.29, 1.82) is 0 Å². The number of carbonyl (C=O) groups excluding carboxylic acids is 2. The lowest BCUT2D eigenvalue weighted by Crippen LogP contribution is -2.31. The quantitative estimate of drug-likeness (QED) is 0.370. The minimum absolute atomic E-state index is 0.0486. The molecule has 0 atom stereocenters. The van der Waals surface area contributed by atoms with Gasteiger partial charge < -0.3 is 33.7 Å². The first-order valence-electron chi connectivity index (χ1n) is 10.1. The smallest absolute Gasteiger partial charge is 0.325 e. The zero-order valence-electron chi connectivity index (χ0n) is 18.8. The highest BCUT2D eigenvalue weighted by atomic mass is 16.6. The van der Waals surface area contributed by atoms with Crippen molar-refractivity contribution in [1.82, 2.24) is 5.32 Å². The average molecular weight is 447 g/mol. The first-order chi connectivity index (χ1) is 15.5. The summed E-state index contributed by atoms with van der Waals surface area (Å²) in [5, 5.41) is 2.50. The molecule has 9 nitrogen and oxygen atoms in total. The van der Waals surface area contributed by atoms with E-state index in [0.29, 0.717) is 29.6 Å². The Balaban J connectivity index is 1.75. The van der Waals surface area contributed by atoms with Gasteiger partial charge in [-0.25, -0.2) is 0 Å². The Labute approximate surface area is 187 Å². The molecule has 0 aliphatic carbocycles. The molecular weight excluding hydrogens is 418 g/mol. The summed E-state index contributed by atoms with van der Waals surface area (Å²) in [6, 6.07) is 10.2. The number of methoxy groups -OCH3 is 3. The normalized spacial score (nSPS) is 10.1. The number of benzene rings is 2. The van der Waals surface area contributed by atoms with Crippen LogP contribution in [-0.2, 0) is 9.53 Å². The molecule has 0 spiro atoms. The van der Waals surface area contributed by atoms with Crippen LogP contribution in [0.4, 0.5) is 0 Å². The Morgan fingerprint density at radius 2 is 1.38 bits per heavy atom. The molecule has 0 heterocycles. The van der Waals surface area contributed by atoms with Crippen LogP contribution in [0.3, 0.4) is 0 Å². The molecule has 0 unspecified atom stereocenters. The SMILES string of the molecule is CCCOc1ccc(OCCOC(=O)CNC(=O)c2cc(OC)c(OC)c(OC)c2)cc1. The molecule has 174 valence electrons. The van der Waals surface area contributed by atoms with Crippen LogP contribution in [0, 0.1) is 0 Å². The lowest BCUT2D eigenvalue weighted by Gasteiger charge is -2.14. The van der Waals surface area contributed by atoms with Crippen LogP contribution in [-0.4, -0.2) is 59.6 Å². The number of esters is 1. The van der Waals surface area contributed by atoms with E-state index in [1.807, 2.05) is 19.1 Å². The van der Waals surface area contributed by atoms with Gasteiger partial charge in [-0.15, -0.1) is 0 Å². The molecule has 32 heavy (non-hydrogen) atoms. The summed E-state index contributed by atoms with van der Waals surface area (Å²) in [7, 11) is 4.37. The van der Waals surface area contributed by atoms with Gasteiger partial charge in [0, 0.05) is 5.56 Å². The number of nitrogens with one attached hydrogen (secondary N) is 1. The van der Waals surface area contributed by atoms with Crippen LogP contribution in [0.2, 0.25) is 0 Å². The highest BCUT2D eigenvalue weighted by Crippen LogP contribution is 2.38. The molecule has 0 aliphatic rings. The fourth-order valence-corrected chi connectivity index (χ4v) is 2.68. The van der Waals surface area contributed by atoms with Gasteiger partial charge >= 0.3 is 5.97 Å². The van der Waals surface area contributed by atoms with Gasteiger partial charge in [0.05, 0.1) is 27.9 Å². The average Bonchev–Trinajstić information content (AvgIpc) is 2.83. The Kier molecular flexibility index (Phi) is 9.96. The Bertz CT molecular complexity index is 857. The second kappa shape index (κ2) is 12.9.